The van der Waals surface area contributed by atoms with Crippen molar-refractivity contribution in [3.05, 3.63) is 59.4 Å². The molecule has 7 heteroatoms. The van der Waals surface area contributed by atoms with E-state index in [1.807, 2.05) is 30.3 Å². The maximum atomic E-state index is 11.9. The van der Waals surface area contributed by atoms with Gasteiger partial charge in [0.2, 0.25) is 10.0 Å². The summed E-state index contributed by atoms with van der Waals surface area (Å²) in [5.74, 6) is -0.0293. The highest BCUT2D eigenvalue weighted by Crippen LogP contribution is 2.11. The van der Waals surface area contributed by atoms with E-state index in [1.54, 1.807) is 32.2 Å². The number of anilines is 1. The lowest BCUT2D eigenvalue weighted by Gasteiger charge is -2.10. The van der Waals surface area contributed by atoms with Crippen LogP contribution in [-0.2, 0) is 22.3 Å². The molecular weight excluding hydrogens is 324 g/mol. The van der Waals surface area contributed by atoms with Gasteiger partial charge in [-0.2, -0.15) is 5.26 Å². The summed E-state index contributed by atoms with van der Waals surface area (Å²) >= 11 is 0. The van der Waals surface area contributed by atoms with Gasteiger partial charge in [0.25, 0.3) is 0 Å². The minimum atomic E-state index is -3.31. The molecule has 1 aromatic heterocycles. The largest absolute Gasteiger partial charge is 0.380 e. The number of pyridine rings is 1. The molecule has 0 saturated heterocycles. The van der Waals surface area contributed by atoms with Crippen LogP contribution in [0.3, 0.4) is 0 Å². The van der Waals surface area contributed by atoms with Gasteiger partial charge in [-0.15, -0.1) is 0 Å². The number of sulfonamides is 1. The predicted molar refractivity (Wildman–Crippen MR) is 93.6 cm³/mol. The van der Waals surface area contributed by atoms with Gasteiger partial charge in [0.05, 0.1) is 17.6 Å². The molecule has 0 aliphatic heterocycles. The first-order valence-electron chi connectivity index (χ1n) is 7.56. The van der Waals surface area contributed by atoms with E-state index < -0.39 is 10.0 Å². The summed E-state index contributed by atoms with van der Waals surface area (Å²) in [5, 5.41) is 11.9. The van der Waals surface area contributed by atoms with Crippen LogP contribution in [0.25, 0.3) is 0 Å². The Labute approximate surface area is 142 Å². The summed E-state index contributed by atoms with van der Waals surface area (Å²) in [7, 11) is -3.31. The number of aromatic nitrogens is 1. The Morgan fingerprint density at radius 1 is 1.12 bits per heavy atom. The van der Waals surface area contributed by atoms with Gasteiger partial charge in [-0.25, -0.2) is 18.1 Å². The summed E-state index contributed by atoms with van der Waals surface area (Å²) < 4.78 is 26.4. The highest BCUT2D eigenvalue weighted by atomic mass is 32.2. The lowest BCUT2D eigenvalue weighted by Crippen LogP contribution is -2.31. The first-order valence-corrected chi connectivity index (χ1v) is 9.21. The fourth-order valence-corrected chi connectivity index (χ4v) is 3.58. The first-order chi connectivity index (χ1) is 11.4. The molecule has 0 bridgehead atoms. The molecule has 6 nitrogen and oxygen atoms in total. The molecule has 0 aliphatic carbocycles. The molecule has 1 heterocycles. The number of hydrogen-bond acceptors (Lipinski definition) is 5. The lowest BCUT2D eigenvalue weighted by atomic mass is 10.1. The Morgan fingerprint density at radius 3 is 2.33 bits per heavy atom. The fourth-order valence-electron chi connectivity index (χ4n) is 2.14. The van der Waals surface area contributed by atoms with Crippen molar-refractivity contribution in [1.29, 1.82) is 5.26 Å². The van der Waals surface area contributed by atoms with Crippen molar-refractivity contribution in [2.45, 2.75) is 32.2 Å². The van der Waals surface area contributed by atoms with Gasteiger partial charge in [-0.05, 0) is 37.1 Å². The van der Waals surface area contributed by atoms with Crippen molar-refractivity contribution in [2.24, 2.45) is 0 Å². The van der Waals surface area contributed by atoms with Crippen LogP contribution in [0.4, 0.5) is 5.69 Å². The summed E-state index contributed by atoms with van der Waals surface area (Å²) in [6.07, 6.45) is 1.61. The summed E-state index contributed by atoms with van der Waals surface area (Å²) in [4.78, 5) is 3.99. The maximum Gasteiger partial charge on any atom is 0.216 e. The van der Waals surface area contributed by atoms with E-state index >= 15 is 0 Å². The Morgan fingerprint density at radius 2 is 1.79 bits per heavy atom. The van der Waals surface area contributed by atoms with Gasteiger partial charge >= 0.3 is 0 Å². The van der Waals surface area contributed by atoms with E-state index in [4.69, 9.17) is 5.26 Å². The van der Waals surface area contributed by atoms with Crippen LogP contribution in [0.1, 0.15) is 30.7 Å². The number of benzene rings is 1. The zero-order valence-corrected chi connectivity index (χ0v) is 14.5. The minimum Gasteiger partial charge on any atom is -0.380 e. The van der Waals surface area contributed by atoms with Crippen LogP contribution in [0.5, 0.6) is 0 Å². The van der Waals surface area contributed by atoms with E-state index in [1.165, 1.54) is 0 Å². The molecule has 24 heavy (non-hydrogen) atoms. The molecule has 0 atom stereocenters. The number of nitrogens with zero attached hydrogens (tertiary/aromatic N) is 2. The minimum absolute atomic E-state index is 0.0293. The van der Waals surface area contributed by atoms with Gasteiger partial charge in [0.1, 0.15) is 11.8 Å². The van der Waals surface area contributed by atoms with Gasteiger partial charge in [0, 0.05) is 12.6 Å². The second kappa shape index (κ2) is 7.90. The third kappa shape index (κ3) is 5.65. The SMILES string of the molecule is CC(C)NS(=O)(=O)Cc1ccc(CNc2ccc(C#N)nc2)cc1. The molecule has 2 aromatic rings. The Balaban J connectivity index is 1.93. The molecule has 0 amide bonds. The van der Waals surface area contributed by atoms with Crippen LogP contribution in [0.15, 0.2) is 42.6 Å². The van der Waals surface area contributed by atoms with E-state index in [0.717, 1.165) is 16.8 Å². The molecule has 126 valence electrons. The lowest BCUT2D eigenvalue weighted by molar-refractivity contribution is 0.569. The number of nitriles is 1. The zero-order valence-electron chi connectivity index (χ0n) is 13.7. The molecular formula is C17H20N4O2S. The monoisotopic (exact) mass is 344 g/mol. The number of hydrogen-bond donors (Lipinski definition) is 2. The van der Waals surface area contributed by atoms with Crippen molar-refractivity contribution in [3.8, 4) is 6.07 Å². The third-order valence-electron chi connectivity index (χ3n) is 3.17. The summed E-state index contributed by atoms with van der Waals surface area (Å²) in [6, 6.07) is 12.7. The standard InChI is InChI=1S/C17H20N4O2S/c1-13(2)21-24(22,23)12-15-5-3-14(4-6-15)10-19-17-8-7-16(9-18)20-11-17/h3-8,11,13,19,21H,10,12H2,1-2H3. The van der Waals surface area contributed by atoms with E-state index in [9.17, 15) is 8.42 Å². The van der Waals surface area contributed by atoms with Crippen molar-refractivity contribution < 1.29 is 8.42 Å². The number of nitrogens with one attached hydrogen (secondary N) is 2. The molecule has 0 saturated carbocycles. The molecule has 0 radical (unpaired) electrons. The molecule has 2 rings (SSSR count). The Hall–Kier alpha value is -2.43. The van der Waals surface area contributed by atoms with Gasteiger partial charge in [-0.1, -0.05) is 24.3 Å². The van der Waals surface area contributed by atoms with E-state index in [-0.39, 0.29) is 11.8 Å². The quantitative estimate of drug-likeness (QED) is 0.804. The predicted octanol–water partition coefficient (Wildman–Crippen LogP) is 2.39. The highest BCUT2D eigenvalue weighted by Gasteiger charge is 2.12. The van der Waals surface area contributed by atoms with Crippen molar-refractivity contribution >= 4 is 15.7 Å². The average Bonchev–Trinajstić information content (AvgIpc) is 2.53. The summed E-state index contributed by atoms with van der Waals surface area (Å²) in [6.45, 7) is 4.18. The topological polar surface area (TPSA) is 94.9 Å². The molecule has 1 aromatic carbocycles. The van der Waals surface area contributed by atoms with Gasteiger partial charge in [-0.3, -0.25) is 0 Å². The van der Waals surface area contributed by atoms with Crippen LogP contribution < -0.4 is 10.0 Å². The zero-order chi connectivity index (χ0) is 17.6. The third-order valence-corrected chi connectivity index (χ3v) is 4.71. The van der Waals surface area contributed by atoms with Crippen LogP contribution >= 0.6 is 0 Å². The fraction of sp³-hybridized carbons (Fsp3) is 0.294. The first kappa shape index (κ1) is 17.9. The molecule has 2 N–H and O–H groups in total. The Kier molecular flexibility index (Phi) is 5.90. The van der Waals surface area contributed by atoms with Crippen LogP contribution in [0, 0.1) is 11.3 Å². The maximum absolute atomic E-state index is 11.9. The second-order valence-electron chi connectivity index (χ2n) is 5.75. The van der Waals surface area contributed by atoms with Crippen LogP contribution in [-0.4, -0.2) is 19.4 Å². The van der Waals surface area contributed by atoms with Gasteiger partial charge < -0.3 is 5.32 Å². The Bertz CT molecular complexity index is 807. The molecule has 0 unspecified atom stereocenters. The highest BCUT2D eigenvalue weighted by molar-refractivity contribution is 7.88. The van der Waals surface area contributed by atoms with Crippen molar-refractivity contribution in [2.75, 3.05) is 5.32 Å². The molecule has 0 aliphatic rings. The van der Waals surface area contributed by atoms with Crippen molar-refractivity contribution in [3.63, 3.8) is 0 Å². The smallest absolute Gasteiger partial charge is 0.216 e. The normalized spacial score (nSPS) is 11.2. The number of rotatable bonds is 7. The van der Waals surface area contributed by atoms with Crippen LogP contribution in [0.2, 0.25) is 0 Å². The average molecular weight is 344 g/mol. The second-order valence-corrected chi connectivity index (χ2v) is 7.50. The van der Waals surface area contributed by atoms with E-state index in [0.29, 0.717) is 12.2 Å². The van der Waals surface area contributed by atoms with Gasteiger partial charge in [0.15, 0.2) is 0 Å². The molecule has 0 spiro atoms. The van der Waals surface area contributed by atoms with E-state index in [2.05, 4.69) is 15.0 Å². The van der Waals surface area contributed by atoms with Crippen molar-refractivity contribution in [1.82, 2.24) is 9.71 Å². The summed E-state index contributed by atoms with van der Waals surface area (Å²) in [5.41, 5.74) is 2.96. The molecule has 0 fully saturated rings.